The average Bonchev–Trinajstić information content (AvgIpc) is 2.43. The van der Waals surface area contributed by atoms with E-state index in [1.165, 1.54) is 25.7 Å². The van der Waals surface area contributed by atoms with Crippen molar-refractivity contribution >= 4 is 11.6 Å². The normalized spacial score (nSPS) is 14.5. The second-order valence-corrected chi connectivity index (χ2v) is 5.98. The van der Waals surface area contributed by atoms with Crippen LogP contribution in [0.3, 0.4) is 0 Å². The van der Waals surface area contributed by atoms with E-state index in [0.717, 1.165) is 23.7 Å². The van der Waals surface area contributed by atoms with E-state index >= 15 is 0 Å². The largest absolute Gasteiger partial charge is 0.326 e. The number of hydrogen-bond acceptors (Lipinski definition) is 2. The van der Waals surface area contributed by atoms with E-state index in [4.69, 9.17) is 17.3 Å². The Morgan fingerprint density at radius 1 is 1.10 bits per heavy atom. The van der Waals surface area contributed by atoms with Crippen LogP contribution in [-0.2, 0) is 0 Å². The molecular weight excluding hydrogens is 268 g/mol. The molecule has 0 bridgehead atoms. The molecule has 0 saturated heterocycles. The van der Waals surface area contributed by atoms with Crippen molar-refractivity contribution in [3.8, 4) is 0 Å². The van der Waals surface area contributed by atoms with E-state index in [1.807, 2.05) is 12.1 Å². The van der Waals surface area contributed by atoms with E-state index in [1.54, 1.807) is 0 Å². The van der Waals surface area contributed by atoms with Crippen molar-refractivity contribution in [1.82, 2.24) is 4.90 Å². The molecule has 20 heavy (non-hydrogen) atoms. The van der Waals surface area contributed by atoms with E-state index < -0.39 is 0 Å². The average molecular weight is 297 g/mol. The highest BCUT2D eigenvalue weighted by Gasteiger charge is 2.25. The molecule has 0 aliphatic carbocycles. The van der Waals surface area contributed by atoms with Gasteiger partial charge in [0.05, 0.1) is 6.04 Å². The molecule has 2 unspecified atom stereocenters. The van der Waals surface area contributed by atoms with Crippen LogP contribution in [0.5, 0.6) is 0 Å². The van der Waals surface area contributed by atoms with Crippen LogP contribution in [0, 0.1) is 0 Å². The van der Waals surface area contributed by atoms with Crippen molar-refractivity contribution in [2.45, 2.75) is 58.5 Å². The Kier molecular flexibility index (Phi) is 8.20. The molecule has 1 aromatic carbocycles. The number of nitrogens with zero attached hydrogens (tertiary/aromatic N) is 1. The monoisotopic (exact) mass is 296 g/mol. The fraction of sp³-hybridized carbons (Fsp3) is 0.647. The minimum Gasteiger partial charge on any atom is -0.326 e. The van der Waals surface area contributed by atoms with E-state index in [2.05, 4.69) is 37.8 Å². The molecule has 1 aromatic rings. The number of benzene rings is 1. The van der Waals surface area contributed by atoms with Gasteiger partial charge in [0.25, 0.3) is 0 Å². The first-order valence-electron chi connectivity index (χ1n) is 7.85. The number of nitrogens with two attached hydrogens (primary N) is 1. The lowest BCUT2D eigenvalue weighted by molar-refractivity contribution is 0.171. The zero-order valence-electron chi connectivity index (χ0n) is 13.1. The van der Waals surface area contributed by atoms with Crippen molar-refractivity contribution in [1.29, 1.82) is 0 Å². The lowest BCUT2D eigenvalue weighted by Crippen LogP contribution is -2.40. The maximum absolute atomic E-state index is 6.39. The molecule has 0 spiro atoms. The first kappa shape index (κ1) is 17.5. The third-order valence-corrected chi connectivity index (χ3v) is 4.06. The molecule has 1 rings (SSSR count). The topological polar surface area (TPSA) is 29.3 Å². The third-order valence-electron chi connectivity index (χ3n) is 3.71. The van der Waals surface area contributed by atoms with Crippen molar-refractivity contribution in [3.63, 3.8) is 0 Å². The van der Waals surface area contributed by atoms with Gasteiger partial charge in [0.1, 0.15) is 0 Å². The molecule has 0 saturated carbocycles. The maximum Gasteiger partial charge on any atom is 0.0511 e. The lowest BCUT2D eigenvalue weighted by Gasteiger charge is -2.35. The Morgan fingerprint density at radius 3 is 2.10 bits per heavy atom. The molecule has 3 heteroatoms. The van der Waals surface area contributed by atoms with Gasteiger partial charge in [-0.3, -0.25) is 4.90 Å². The van der Waals surface area contributed by atoms with E-state index in [-0.39, 0.29) is 12.1 Å². The molecule has 0 aliphatic rings. The molecule has 0 aromatic heterocycles. The van der Waals surface area contributed by atoms with E-state index in [0.29, 0.717) is 0 Å². The summed E-state index contributed by atoms with van der Waals surface area (Å²) in [6.07, 6.45) is 4.82. The third kappa shape index (κ3) is 5.08. The van der Waals surface area contributed by atoms with E-state index in [9.17, 15) is 0 Å². The predicted molar refractivity (Wildman–Crippen MR) is 89.2 cm³/mol. The van der Waals surface area contributed by atoms with Crippen LogP contribution in [0.15, 0.2) is 24.3 Å². The Hall–Kier alpha value is -0.570. The predicted octanol–water partition coefficient (Wildman–Crippen LogP) is 4.63. The van der Waals surface area contributed by atoms with Crippen LogP contribution < -0.4 is 5.73 Å². The summed E-state index contributed by atoms with van der Waals surface area (Å²) in [5.74, 6) is 0. The highest BCUT2D eigenvalue weighted by Crippen LogP contribution is 2.30. The molecule has 0 amide bonds. The van der Waals surface area contributed by atoms with Crippen LogP contribution in [0.1, 0.15) is 58.1 Å². The van der Waals surface area contributed by atoms with Crippen LogP contribution in [-0.4, -0.2) is 24.0 Å². The molecule has 0 heterocycles. The highest BCUT2D eigenvalue weighted by atomic mass is 35.5. The molecule has 114 valence electrons. The SMILES string of the molecule is CCCCN(CCCC)C(c1ccccc1Cl)C(C)N. The van der Waals surface area contributed by atoms with Crippen molar-refractivity contribution in [3.05, 3.63) is 34.9 Å². The summed E-state index contributed by atoms with van der Waals surface area (Å²) in [6.45, 7) is 8.73. The van der Waals surface area contributed by atoms with Crippen LogP contribution in [0.4, 0.5) is 0 Å². The minimum absolute atomic E-state index is 0.0728. The van der Waals surface area contributed by atoms with Gasteiger partial charge in [0.15, 0.2) is 0 Å². The molecule has 2 N–H and O–H groups in total. The van der Waals surface area contributed by atoms with Crippen molar-refractivity contribution in [2.75, 3.05) is 13.1 Å². The van der Waals surface area contributed by atoms with Gasteiger partial charge in [-0.05, 0) is 44.5 Å². The number of hydrogen-bond donors (Lipinski definition) is 1. The second kappa shape index (κ2) is 9.38. The second-order valence-electron chi connectivity index (χ2n) is 5.57. The summed E-state index contributed by atoms with van der Waals surface area (Å²) in [5.41, 5.74) is 7.44. The summed E-state index contributed by atoms with van der Waals surface area (Å²) < 4.78 is 0. The van der Waals surface area contributed by atoms with Crippen LogP contribution in [0.25, 0.3) is 0 Å². The molecule has 0 aliphatic heterocycles. The number of rotatable bonds is 9. The van der Waals surface area contributed by atoms with Gasteiger partial charge in [-0.2, -0.15) is 0 Å². The Morgan fingerprint density at radius 2 is 1.65 bits per heavy atom. The zero-order chi connectivity index (χ0) is 15.0. The summed E-state index contributed by atoms with van der Waals surface area (Å²) in [6, 6.07) is 8.39. The fourth-order valence-corrected chi connectivity index (χ4v) is 2.89. The van der Waals surface area contributed by atoms with Gasteiger partial charge in [-0.25, -0.2) is 0 Å². The zero-order valence-corrected chi connectivity index (χ0v) is 13.9. The van der Waals surface area contributed by atoms with Crippen molar-refractivity contribution in [2.24, 2.45) is 5.73 Å². The lowest BCUT2D eigenvalue weighted by atomic mass is 9.98. The highest BCUT2D eigenvalue weighted by molar-refractivity contribution is 6.31. The van der Waals surface area contributed by atoms with Crippen LogP contribution >= 0.6 is 11.6 Å². The molecule has 0 fully saturated rings. The Labute approximate surface area is 129 Å². The van der Waals surface area contributed by atoms with Crippen LogP contribution in [0.2, 0.25) is 5.02 Å². The smallest absolute Gasteiger partial charge is 0.0511 e. The number of halogens is 1. The van der Waals surface area contributed by atoms with Crippen molar-refractivity contribution < 1.29 is 0 Å². The summed E-state index contributed by atoms with van der Waals surface area (Å²) in [7, 11) is 0. The van der Waals surface area contributed by atoms with Gasteiger partial charge in [0, 0.05) is 11.1 Å². The molecule has 2 atom stereocenters. The molecular formula is C17H29ClN2. The first-order chi connectivity index (χ1) is 9.61. The molecule has 2 nitrogen and oxygen atoms in total. The van der Waals surface area contributed by atoms with Gasteiger partial charge in [0.2, 0.25) is 0 Å². The van der Waals surface area contributed by atoms with Gasteiger partial charge in [-0.1, -0.05) is 56.5 Å². The fourth-order valence-electron chi connectivity index (χ4n) is 2.64. The van der Waals surface area contributed by atoms with Gasteiger partial charge < -0.3 is 5.73 Å². The standard InChI is InChI=1S/C17H29ClN2/c1-4-6-12-20(13-7-5-2)17(14(3)19)15-10-8-9-11-16(15)18/h8-11,14,17H,4-7,12-13,19H2,1-3H3. The summed E-state index contributed by atoms with van der Waals surface area (Å²) in [5, 5.41) is 0.827. The maximum atomic E-state index is 6.39. The summed E-state index contributed by atoms with van der Waals surface area (Å²) in [4.78, 5) is 2.51. The Bertz CT molecular complexity index is 371. The Balaban J connectivity index is 2.97. The minimum atomic E-state index is 0.0728. The van der Waals surface area contributed by atoms with Gasteiger partial charge in [-0.15, -0.1) is 0 Å². The molecule has 0 radical (unpaired) electrons. The first-order valence-corrected chi connectivity index (χ1v) is 8.23. The quantitative estimate of drug-likeness (QED) is 0.720. The number of unbranched alkanes of at least 4 members (excludes halogenated alkanes) is 2. The van der Waals surface area contributed by atoms with Gasteiger partial charge >= 0.3 is 0 Å². The summed E-state index contributed by atoms with van der Waals surface area (Å²) >= 11 is 6.39.